The maximum atomic E-state index is 13.6. The van der Waals surface area contributed by atoms with Crippen LogP contribution in [0.1, 0.15) is 36.1 Å². The molecule has 0 aliphatic heterocycles. The zero-order valence-corrected chi connectivity index (χ0v) is 12.4. The molecule has 6 nitrogen and oxygen atoms in total. The van der Waals surface area contributed by atoms with E-state index in [4.69, 9.17) is 11.6 Å². The first kappa shape index (κ1) is 15.4. The summed E-state index contributed by atoms with van der Waals surface area (Å²) in [6.45, 7) is 4.20. The molecule has 0 unspecified atom stereocenters. The lowest BCUT2D eigenvalue weighted by atomic mass is 10.2. The van der Waals surface area contributed by atoms with Crippen molar-refractivity contribution >= 4 is 17.5 Å². The highest BCUT2D eigenvalue weighted by atomic mass is 35.5. The number of tetrazole rings is 1. The number of nitrogens with zero attached hydrogens (tertiary/aromatic N) is 4. The first-order chi connectivity index (χ1) is 10.0. The molecule has 1 heterocycles. The van der Waals surface area contributed by atoms with Crippen molar-refractivity contribution in [2.45, 2.75) is 26.3 Å². The quantitative estimate of drug-likeness (QED) is 0.917. The van der Waals surface area contributed by atoms with E-state index in [-0.39, 0.29) is 23.2 Å². The van der Waals surface area contributed by atoms with E-state index in [1.165, 1.54) is 18.2 Å². The van der Waals surface area contributed by atoms with Crippen LogP contribution < -0.4 is 5.32 Å². The monoisotopic (exact) mass is 311 g/mol. The Kier molecular flexibility index (Phi) is 4.85. The molecule has 1 aromatic heterocycles. The number of carbonyl (C=O) groups excluding carboxylic acids is 1. The zero-order chi connectivity index (χ0) is 15.4. The molecule has 0 aliphatic rings. The van der Waals surface area contributed by atoms with Crippen molar-refractivity contribution in [1.29, 1.82) is 0 Å². The van der Waals surface area contributed by atoms with E-state index in [0.717, 1.165) is 0 Å². The molecule has 0 atom stereocenters. The molecule has 0 spiro atoms. The Hall–Kier alpha value is -2.02. The number of hydrogen-bond donors (Lipinski definition) is 1. The Labute approximate surface area is 126 Å². The van der Waals surface area contributed by atoms with Crippen LogP contribution in [0.15, 0.2) is 18.2 Å². The van der Waals surface area contributed by atoms with Gasteiger partial charge in [0.25, 0.3) is 5.91 Å². The summed E-state index contributed by atoms with van der Waals surface area (Å²) in [4.78, 5) is 11.9. The van der Waals surface area contributed by atoms with Gasteiger partial charge in [-0.2, -0.15) is 0 Å². The van der Waals surface area contributed by atoms with Gasteiger partial charge in [-0.3, -0.25) is 4.79 Å². The molecule has 2 rings (SSSR count). The summed E-state index contributed by atoms with van der Waals surface area (Å²) in [5.41, 5.74) is -0.150. The van der Waals surface area contributed by atoms with E-state index < -0.39 is 11.7 Å². The van der Waals surface area contributed by atoms with E-state index in [2.05, 4.69) is 20.8 Å². The van der Waals surface area contributed by atoms with Gasteiger partial charge in [-0.1, -0.05) is 17.7 Å². The van der Waals surface area contributed by atoms with Crippen LogP contribution in [-0.2, 0) is 6.42 Å². The molecule has 0 saturated heterocycles. The summed E-state index contributed by atoms with van der Waals surface area (Å²) < 4.78 is 15.3. The number of carbonyl (C=O) groups is 1. The van der Waals surface area contributed by atoms with Crippen LogP contribution in [0.25, 0.3) is 0 Å². The normalized spacial score (nSPS) is 10.9. The van der Waals surface area contributed by atoms with Gasteiger partial charge in [0.15, 0.2) is 5.82 Å². The Morgan fingerprint density at radius 2 is 2.24 bits per heavy atom. The van der Waals surface area contributed by atoms with Crippen molar-refractivity contribution in [3.05, 3.63) is 40.4 Å². The zero-order valence-electron chi connectivity index (χ0n) is 11.7. The third-order valence-corrected chi connectivity index (χ3v) is 3.19. The number of benzene rings is 1. The predicted octanol–water partition coefficient (Wildman–Crippen LogP) is 2.02. The first-order valence-corrected chi connectivity index (χ1v) is 6.87. The number of hydrogen-bond acceptors (Lipinski definition) is 4. The summed E-state index contributed by atoms with van der Waals surface area (Å²) in [6, 6.07) is 4.25. The number of nitrogens with one attached hydrogen (secondary N) is 1. The lowest BCUT2D eigenvalue weighted by molar-refractivity contribution is 0.0950. The predicted molar refractivity (Wildman–Crippen MR) is 75.6 cm³/mol. The lowest BCUT2D eigenvalue weighted by Gasteiger charge is -2.09. The van der Waals surface area contributed by atoms with E-state index in [9.17, 15) is 9.18 Å². The fourth-order valence-electron chi connectivity index (χ4n) is 1.87. The van der Waals surface area contributed by atoms with Gasteiger partial charge in [-0.05, 0) is 36.4 Å². The van der Waals surface area contributed by atoms with Crippen LogP contribution in [0.2, 0.25) is 5.02 Å². The van der Waals surface area contributed by atoms with E-state index in [1.807, 2.05) is 13.8 Å². The maximum Gasteiger partial charge on any atom is 0.255 e. The Morgan fingerprint density at radius 3 is 2.90 bits per heavy atom. The molecule has 1 amide bonds. The molecule has 112 valence electrons. The van der Waals surface area contributed by atoms with Crippen LogP contribution >= 0.6 is 11.6 Å². The van der Waals surface area contributed by atoms with Gasteiger partial charge in [0, 0.05) is 13.0 Å². The maximum absolute atomic E-state index is 13.6. The van der Waals surface area contributed by atoms with E-state index >= 15 is 0 Å². The highest BCUT2D eigenvalue weighted by Crippen LogP contribution is 2.18. The van der Waals surface area contributed by atoms with Crippen molar-refractivity contribution in [2.75, 3.05) is 6.54 Å². The summed E-state index contributed by atoms with van der Waals surface area (Å²) in [5.74, 6) is -0.543. The van der Waals surface area contributed by atoms with Gasteiger partial charge in [0.2, 0.25) is 0 Å². The fraction of sp³-hybridized carbons (Fsp3) is 0.385. The molecule has 0 radical (unpaired) electrons. The number of halogens is 2. The Bertz CT molecular complexity index is 623. The average molecular weight is 312 g/mol. The van der Waals surface area contributed by atoms with Gasteiger partial charge in [0.05, 0.1) is 16.6 Å². The standard InChI is InChI=1S/C13H15ClFN5O/c1-8(2)20-11(17-18-19-20)6-7-16-13(21)12-9(14)4-3-5-10(12)15/h3-5,8H,6-7H2,1-2H3,(H,16,21). The van der Waals surface area contributed by atoms with E-state index in [1.54, 1.807) is 4.68 Å². The summed E-state index contributed by atoms with van der Waals surface area (Å²) >= 11 is 5.83. The van der Waals surface area contributed by atoms with Crippen LogP contribution in [0.5, 0.6) is 0 Å². The minimum atomic E-state index is -0.646. The van der Waals surface area contributed by atoms with Crippen molar-refractivity contribution in [1.82, 2.24) is 25.5 Å². The SMILES string of the molecule is CC(C)n1nnnc1CCNC(=O)c1c(F)cccc1Cl. The van der Waals surface area contributed by atoms with Crippen molar-refractivity contribution in [2.24, 2.45) is 0 Å². The van der Waals surface area contributed by atoms with Crippen molar-refractivity contribution < 1.29 is 9.18 Å². The van der Waals surface area contributed by atoms with Crippen LogP contribution in [0.3, 0.4) is 0 Å². The molecule has 0 aliphatic carbocycles. The highest BCUT2D eigenvalue weighted by molar-refractivity contribution is 6.33. The number of aromatic nitrogens is 4. The van der Waals surface area contributed by atoms with Crippen LogP contribution in [-0.4, -0.2) is 32.7 Å². The smallest absolute Gasteiger partial charge is 0.255 e. The molecular weight excluding hydrogens is 297 g/mol. The van der Waals surface area contributed by atoms with Gasteiger partial charge < -0.3 is 5.32 Å². The third kappa shape index (κ3) is 3.55. The van der Waals surface area contributed by atoms with Gasteiger partial charge >= 0.3 is 0 Å². The molecule has 0 fully saturated rings. The highest BCUT2D eigenvalue weighted by Gasteiger charge is 2.16. The summed E-state index contributed by atoms with van der Waals surface area (Å²) in [5, 5.41) is 14.0. The summed E-state index contributed by atoms with van der Waals surface area (Å²) in [7, 11) is 0. The minimum absolute atomic E-state index is 0.0829. The van der Waals surface area contributed by atoms with Gasteiger partial charge in [0.1, 0.15) is 5.82 Å². The first-order valence-electron chi connectivity index (χ1n) is 6.49. The molecule has 21 heavy (non-hydrogen) atoms. The molecule has 2 aromatic rings. The average Bonchev–Trinajstić information content (AvgIpc) is 2.87. The molecule has 1 N–H and O–H groups in total. The molecular formula is C13H15ClFN5O. The third-order valence-electron chi connectivity index (χ3n) is 2.87. The number of amides is 1. The second-order valence-corrected chi connectivity index (χ2v) is 5.14. The Morgan fingerprint density at radius 1 is 1.48 bits per heavy atom. The second-order valence-electron chi connectivity index (χ2n) is 4.74. The van der Waals surface area contributed by atoms with Crippen molar-refractivity contribution in [3.8, 4) is 0 Å². The lowest BCUT2D eigenvalue weighted by Crippen LogP contribution is -2.27. The van der Waals surface area contributed by atoms with Crippen LogP contribution in [0.4, 0.5) is 4.39 Å². The molecule has 0 saturated carbocycles. The fourth-order valence-corrected chi connectivity index (χ4v) is 2.12. The van der Waals surface area contributed by atoms with Crippen molar-refractivity contribution in [3.63, 3.8) is 0 Å². The molecule has 0 bridgehead atoms. The van der Waals surface area contributed by atoms with Gasteiger partial charge in [-0.15, -0.1) is 5.10 Å². The molecule has 1 aromatic carbocycles. The molecule has 8 heteroatoms. The van der Waals surface area contributed by atoms with Gasteiger partial charge in [-0.25, -0.2) is 9.07 Å². The minimum Gasteiger partial charge on any atom is -0.351 e. The Balaban J connectivity index is 1.97. The topological polar surface area (TPSA) is 72.7 Å². The second kappa shape index (κ2) is 6.62. The van der Waals surface area contributed by atoms with Crippen LogP contribution in [0, 0.1) is 5.82 Å². The number of rotatable bonds is 5. The van der Waals surface area contributed by atoms with E-state index in [0.29, 0.717) is 12.2 Å². The largest absolute Gasteiger partial charge is 0.351 e. The summed E-state index contributed by atoms with van der Waals surface area (Å²) in [6.07, 6.45) is 0.447.